The minimum Gasteiger partial charge on any atom is -0.594 e. The molecule has 0 atom stereocenters. The monoisotopic (exact) mass is 1070 g/mol. The van der Waals surface area contributed by atoms with Gasteiger partial charge in [-0.05, 0) is 142 Å². The fourth-order valence-electron chi connectivity index (χ4n) is 7.33. The topological polar surface area (TPSA) is 241 Å². The first-order chi connectivity index (χ1) is 37.9. The maximum absolute atomic E-state index is 13.7. The number of ether oxygens (including phenoxy) is 8. The highest BCUT2D eigenvalue weighted by Crippen LogP contribution is 2.26. The highest BCUT2D eigenvalue weighted by molar-refractivity contribution is 6.06. The van der Waals surface area contributed by atoms with E-state index in [9.17, 15) is 39.3 Å². The number of carbonyl (C=O) groups excluding carboxylic acids is 5. The molecular weight excluding hydrogens is 1010 g/mol. The van der Waals surface area contributed by atoms with Crippen LogP contribution in [0.5, 0.6) is 28.7 Å². The lowest BCUT2D eigenvalue weighted by molar-refractivity contribution is -0.435. The number of esters is 5. The van der Waals surface area contributed by atoms with Crippen LogP contribution >= 0.6 is 0 Å². The second-order valence-electron chi connectivity index (χ2n) is 17.5. The summed E-state index contributed by atoms with van der Waals surface area (Å²) < 4.78 is 44.4. The number of carbonyl (C=O) groups is 5. The molecule has 412 valence electrons. The summed E-state index contributed by atoms with van der Waals surface area (Å²) in [5, 5.41) is 27.3. The van der Waals surface area contributed by atoms with Crippen LogP contribution in [-0.4, -0.2) is 79.3 Å². The van der Waals surface area contributed by atoms with E-state index in [2.05, 4.69) is 18.3 Å². The van der Waals surface area contributed by atoms with Crippen LogP contribution in [0.1, 0.15) is 121 Å². The van der Waals surface area contributed by atoms with Gasteiger partial charge in [0.15, 0.2) is 0 Å². The molecule has 19 heteroatoms. The summed E-state index contributed by atoms with van der Waals surface area (Å²) in [5.74, 6) is -1.14. The third-order valence-electron chi connectivity index (χ3n) is 11.6. The Labute approximate surface area is 453 Å². The van der Waals surface area contributed by atoms with Crippen molar-refractivity contribution in [2.75, 3.05) is 39.6 Å². The lowest BCUT2D eigenvalue weighted by Crippen LogP contribution is -2.18. The molecule has 5 aromatic carbocycles. The van der Waals surface area contributed by atoms with Crippen molar-refractivity contribution >= 4 is 46.9 Å². The molecule has 0 aliphatic carbocycles. The Bertz CT molecular complexity index is 2760. The van der Waals surface area contributed by atoms with Gasteiger partial charge in [-0.1, -0.05) is 56.5 Å². The summed E-state index contributed by atoms with van der Waals surface area (Å²) in [6.07, 6.45) is 13.8. The molecule has 0 unspecified atom stereocenters. The van der Waals surface area contributed by atoms with Gasteiger partial charge in [-0.25, -0.2) is 24.0 Å². The zero-order valence-corrected chi connectivity index (χ0v) is 43.6. The molecule has 0 fully saturated rings. The van der Waals surface area contributed by atoms with Crippen LogP contribution in [0.4, 0.5) is 17.1 Å². The van der Waals surface area contributed by atoms with E-state index in [1.807, 2.05) is 0 Å². The van der Waals surface area contributed by atoms with Crippen molar-refractivity contribution in [3.63, 3.8) is 0 Å². The quantitative estimate of drug-likeness (QED) is 0.00417. The van der Waals surface area contributed by atoms with Gasteiger partial charge in [0.1, 0.15) is 34.4 Å². The number of unbranched alkanes of at least 4 members (excludes halogenated alkanes) is 11. The number of hydrogen-bond donors (Lipinski definition) is 0. The summed E-state index contributed by atoms with van der Waals surface area (Å²) in [5.41, 5.74) is 0.0504. The molecule has 0 bridgehead atoms. The van der Waals surface area contributed by atoms with E-state index in [0.29, 0.717) is 80.1 Å². The van der Waals surface area contributed by atoms with Gasteiger partial charge in [0, 0.05) is 41.5 Å². The lowest BCUT2D eigenvalue weighted by Gasteiger charge is -2.12. The zero-order valence-electron chi connectivity index (χ0n) is 43.6. The van der Waals surface area contributed by atoms with Crippen LogP contribution in [0, 0.1) is 15.3 Å². The Balaban J connectivity index is 1.10. The molecule has 5 rings (SSSR count). The van der Waals surface area contributed by atoms with E-state index in [1.54, 1.807) is 72.8 Å². The van der Waals surface area contributed by atoms with Crippen molar-refractivity contribution in [1.29, 1.82) is 0 Å². The van der Waals surface area contributed by atoms with Gasteiger partial charge in [0.25, 0.3) is 5.69 Å². The number of nitro groups is 1. The summed E-state index contributed by atoms with van der Waals surface area (Å²) in [6, 6.07) is 28.6. The molecule has 78 heavy (non-hydrogen) atoms. The molecule has 0 saturated heterocycles. The SMILES string of the molecule is C=CC(=O)OCCCCCCCOc1ccc(OC(=O)c2ccc(C(=O)Oc3ccc(OCCCCCCCOC(=O)C=C)cc3)c(C(=O)OCCCCCCOc3ccc(N=[N+]([O-])c4ccc([N+](=O)[O-])cc4)cc3)c2)cc1. The van der Waals surface area contributed by atoms with Crippen molar-refractivity contribution in [2.45, 2.75) is 89.9 Å². The summed E-state index contributed by atoms with van der Waals surface area (Å²) in [7, 11) is 0. The molecule has 0 saturated carbocycles. The van der Waals surface area contributed by atoms with Gasteiger partial charge < -0.3 is 43.1 Å². The van der Waals surface area contributed by atoms with Crippen molar-refractivity contribution in [2.24, 2.45) is 5.11 Å². The average molecular weight is 1070 g/mol. The Morgan fingerprint density at radius 2 is 0.808 bits per heavy atom. The lowest BCUT2D eigenvalue weighted by atomic mass is 10.0. The van der Waals surface area contributed by atoms with Crippen LogP contribution in [0.25, 0.3) is 0 Å². The molecule has 0 aromatic heterocycles. The summed E-state index contributed by atoms with van der Waals surface area (Å²) in [4.78, 5) is 73.8. The molecule has 19 nitrogen and oxygen atoms in total. The zero-order chi connectivity index (χ0) is 55.7. The Morgan fingerprint density at radius 3 is 1.26 bits per heavy atom. The van der Waals surface area contributed by atoms with E-state index < -0.39 is 34.8 Å². The Morgan fingerprint density at radius 1 is 0.423 bits per heavy atom. The van der Waals surface area contributed by atoms with Crippen molar-refractivity contribution in [1.82, 2.24) is 0 Å². The first-order valence-corrected chi connectivity index (χ1v) is 25.9. The third kappa shape index (κ3) is 22.1. The molecule has 0 aliphatic heterocycles. The largest absolute Gasteiger partial charge is 0.594 e. The van der Waals surface area contributed by atoms with Gasteiger partial charge in [-0.2, -0.15) is 0 Å². The van der Waals surface area contributed by atoms with E-state index in [0.717, 1.165) is 82.8 Å². The van der Waals surface area contributed by atoms with E-state index in [1.165, 1.54) is 42.5 Å². The minimum absolute atomic E-state index is 0.00752. The average Bonchev–Trinajstić information content (AvgIpc) is 3.47. The summed E-state index contributed by atoms with van der Waals surface area (Å²) >= 11 is 0. The predicted molar refractivity (Wildman–Crippen MR) is 288 cm³/mol. The van der Waals surface area contributed by atoms with Crippen molar-refractivity contribution in [3.05, 3.63) is 173 Å². The predicted octanol–water partition coefficient (Wildman–Crippen LogP) is 12.9. The standard InChI is InChI=1S/C59H65N3O16/c1-3-55(63)74-40-16-9-5-7-13-37-72-49-28-32-51(33-29-49)77-57(65)44-19-36-53(59(67)78-52-34-30-50(31-35-52)73-38-14-8-6-10-17-41-75-56(64)4-2)54(43-44)58(66)76-42-18-12-11-15-39-71-48-26-20-45(21-27-48)60-61(68)46-22-24-47(25-23-46)62(69)70/h3-4,19-36,43H,1-2,5-18,37-42H2. The molecule has 0 heterocycles. The molecule has 5 aromatic rings. The van der Waals surface area contributed by atoms with Crippen LogP contribution in [-0.2, 0) is 23.8 Å². The first-order valence-electron chi connectivity index (χ1n) is 25.9. The van der Waals surface area contributed by atoms with Gasteiger partial charge in [0.05, 0.1) is 61.3 Å². The fraction of sp³-hybridized carbons (Fsp3) is 0.339. The van der Waals surface area contributed by atoms with Crippen LogP contribution in [0.3, 0.4) is 0 Å². The van der Waals surface area contributed by atoms with E-state index >= 15 is 0 Å². The third-order valence-corrected chi connectivity index (χ3v) is 11.6. The van der Waals surface area contributed by atoms with Gasteiger partial charge in [-0.3, -0.25) is 10.1 Å². The number of rotatable bonds is 36. The Kier molecular flexibility index (Phi) is 26.1. The number of benzene rings is 5. The maximum atomic E-state index is 13.7. The second-order valence-corrected chi connectivity index (χ2v) is 17.5. The number of non-ortho nitro benzene ring substituents is 1. The van der Waals surface area contributed by atoms with Crippen LogP contribution < -0.4 is 23.7 Å². The highest BCUT2D eigenvalue weighted by Gasteiger charge is 2.24. The van der Waals surface area contributed by atoms with Crippen LogP contribution in [0.15, 0.2) is 146 Å². The molecule has 0 amide bonds. The van der Waals surface area contributed by atoms with Crippen molar-refractivity contribution in [3.8, 4) is 28.7 Å². The Hall–Kier alpha value is -8.87. The maximum Gasteiger partial charge on any atom is 0.344 e. The van der Waals surface area contributed by atoms with E-state index in [-0.39, 0.29) is 46.2 Å². The summed E-state index contributed by atoms with van der Waals surface area (Å²) in [6.45, 7) is 8.90. The molecular formula is C59H65N3O16. The first kappa shape index (κ1) is 60.0. The minimum atomic E-state index is -0.851. The molecule has 0 spiro atoms. The van der Waals surface area contributed by atoms with Gasteiger partial charge in [-0.15, -0.1) is 0 Å². The normalized spacial score (nSPS) is 10.9. The highest BCUT2D eigenvalue weighted by atomic mass is 16.6. The van der Waals surface area contributed by atoms with E-state index in [4.69, 9.17) is 37.9 Å². The molecule has 0 N–H and O–H groups in total. The second kappa shape index (κ2) is 33.9. The smallest absolute Gasteiger partial charge is 0.344 e. The number of hydrogen-bond acceptors (Lipinski definition) is 17. The van der Waals surface area contributed by atoms with Gasteiger partial charge in [0.2, 0.25) is 5.69 Å². The molecule has 0 aliphatic rings. The fourth-order valence-corrected chi connectivity index (χ4v) is 7.33. The van der Waals surface area contributed by atoms with Gasteiger partial charge >= 0.3 is 29.8 Å². The molecule has 0 radical (unpaired) electrons. The number of nitro benzene ring substituents is 1. The van der Waals surface area contributed by atoms with Crippen molar-refractivity contribution < 1.29 is 71.7 Å². The number of nitrogens with zero attached hydrogens (tertiary/aromatic N) is 3. The van der Waals surface area contributed by atoms with Crippen LogP contribution in [0.2, 0.25) is 0 Å². The number of azo groups is 1.